The summed E-state index contributed by atoms with van der Waals surface area (Å²) in [5.74, 6) is 0.734. The Morgan fingerprint density at radius 3 is 2.75 bits per heavy atom. The molecule has 0 spiro atoms. The lowest BCUT2D eigenvalue weighted by Gasteiger charge is -2.27. The fourth-order valence-electron chi connectivity index (χ4n) is 2.28. The highest BCUT2D eigenvalue weighted by atomic mass is 16.5. The summed E-state index contributed by atoms with van der Waals surface area (Å²) in [6.45, 7) is 0.565. The number of benzene rings is 2. The lowest BCUT2D eigenvalue weighted by molar-refractivity contribution is 0.380. The molecule has 0 aromatic heterocycles. The molecule has 5 heteroatoms. The monoisotopic (exact) mass is 266 g/mol. The largest absolute Gasteiger partial charge is 0.497 e. The molecule has 0 atom stereocenters. The molecule has 1 heterocycles. The van der Waals surface area contributed by atoms with Crippen molar-refractivity contribution in [3.63, 3.8) is 0 Å². The van der Waals surface area contributed by atoms with Gasteiger partial charge in [-0.3, -0.25) is 0 Å². The Balaban J connectivity index is 1.86. The van der Waals surface area contributed by atoms with Gasteiger partial charge in [-0.2, -0.15) is 5.10 Å². The van der Waals surface area contributed by atoms with Crippen LogP contribution in [0.2, 0.25) is 0 Å². The van der Waals surface area contributed by atoms with Crippen LogP contribution in [0.1, 0.15) is 11.1 Å². The minimum absolute atomic E-state index is 0.565. The average molecular weight is 266 g/mol. The summed E-state index contributed by atoms with van der Waals surface area (Å²) in [7, 11) is 0.859. The fourth-order valence-corrected chi connectivity index (χ4v) is 2.28. The Morgan fingerprint density at radius 2 is 2.00 bits per heavy atom. The molecular weight excluding hydrogens is 251 g/mol. The quantitative estimate of drug-likeness (QED) is 0.850. The fraction of sp³-hybridized carbons (Fsp3) is 0.133. The first kappa shape index (κ1) is 12.8. The lowest BCUT2D eigenvalue weighted by atomic mass is 9.69. The first-order valence-corrected chi connectivity index (χ1v) is 6.48. The number of methoxy groups -OCH3 is 1. The third-order valence-electron chi connectivity index (χ3n) is 3.39. The SMILES string of the molecule is COc1ccc2c(c1)B(O)N(Cc1ccccc1)N=C2. The van der Waals surface area contributed by atoms with Gasteiger partial charge in [0.25, 0.3) is 0 Å². The molecule has 2 aromatic carbocycles. The molecule has 0 radical (unpaired) electrons. The first-order chi connectivity index (χ1) is 9.78. The van der Waals surface area contributed by atoms with E-state index in [1.165, 1.54) is 0 Å². The summed E-state index contributed by atoms with van der Waals surface area (Å²) in [5, 5.41) is 14.8. The van der Waals surface area contributed by atoms with Gasteiger partial charge in [-0.25, -0.2) is 0 Å². The van der Waals surface area contributed by atoms with E-state index in [1.54, 1.807) is 18.2 Å². The van der Waals surface area contributed by atoms with Crippen molar-refractivity contribution in [3.8, 4) is 5.75 Å². The highest BCUT2D eigenvalue weighted by Gasteiger charge is 2.29. The van der Waals surface area contributed by atoms with Crippen molar-refractivity contribution in [1.29, 1.82) is 0 Å². The van der Waals surface area contributed by atoms with E-state index < -0.39 is 7.05 Å². The molecule has 3 rings (SSSR count). The maximum Gasteiger partial charge on any atom is 0.467 e. The second kappa shape index (κ2) is 5.39. The van der Waals surface area contributed by atoms with Crippen LogP contribution in [0.5, 0.6) is 5.75 Å². The molecule has 100 valence electrons. The van der Waals surface area contributed by atoms with E-state index in [0.29, 0.717) is 6.54 Å². The molecule has 1 aliphatic heterocycles. The van der Waals surface area contributed by atoms with Gasteiger partial charge in [-0.1, -0.05) is 36.4 Å². The molecule has 0 saturated heterocycles. The number of rotatable bonds is 3. The summed E-state index contributed by atoms with van der Waals surface area (Å²) in [5.41, 5.74) is 2.84. The van der Waals surface area contributed by atoms with Crippen LogP contribution in [0.25, 0.3) is 0 Å². The summed E-state index contributed by atoms with van der Waals surface area (Å²) < 4.78 is 5.21. The number of hydrogen-bond donors (Lipinski definition) is 1. The second-order valence-corrected chi connectivity index (χ2v) is 4.70. The van der Waals surface area contributed by atoms with E-state index in [9.17, 15) is 5.02 Å². The second-order valence-electron chi connectivity index (χ2n) is 4.70. The van der Waals surface area contributed by atoms with Gasteiger partial charge in [0, 0.05) is 0 Å². The molecule has 1 aliphatic rings. The summed E-state index contributed by atoms with van der Waals surface area (Å²) in [4.78, 5) is 1.66. The van der Waals surface area contributed by atoms with Crippen LogP contribution in [0.4, 0.5) is 0 Å². The van der Waals surface area contributed by atoms with Crippen molar-refractivity contribution in [2.75, 3.05) is 7.11 Å². The Kier molecular flexibility index (Phi) is 3.43. The first-order valence-electron chi connectivity index (χ1n) is 6.48. The topological polar surface area (TPSA) is 45.1 Å². The van der Waals surface area contributed by atoms with Crippen LogP contribution in [-0.4, -0.2) is 30.3 Å². The molecule has 0 saturated carbocycles. The van der Waals surface area contributed by atoms with Gasteiger partial charge in [-0.05, 0) is 28.7 Å². The zero-order valence-corrected chi connectivity index (χ0v) is 11.2. The molecule has 0 aliphatic carbocycles. The maximum absolute atomic E-state index is 10.5. The van der Waals surface area contributed by atoms with Crippen molar-refractivity contribution < 1.29 is 9.76 Å². The van der Waals surface area contributed by atoms with Gasteiger partial charge >= 0.3 is 7.05 Å². The molecule has 1 N–H and O–H groups in total. The average Bonchev–Trinajstić information content (AvgIpc) is 2.51. The van der Waals surface area contributed by atoms with Crippen molar-refractivity contribution >= 4 is 18.7 Å². The molecule has 0 unspecified atom stereocenters. The molecule has 20 heavy (non-hydrogen) atoms. The van der Waals surface area contributed by atoms with Gasteiger partial charge in [0.2, 0.25) is 0 Å². The predicted octanol–water partition coefficient (Wildman–Crippen LogP) is 1.23. The summed E-state index contributed by atoms with van der Waals surface area (Å²) in [6.07, 6.45) is 1.77. The number of ether oxygens (including phenoxy) is 1. The van der Waals surface area contributed by atoms with Crippen LogP contribution in [0.15, 0.2) is 53.6 Å². The van der Waals surface area contributed by atoms with E-state index in [2.05, 4.69) is 5.10 Å². The third kappa shape index (κ3) is 2.40. The number of fused-ring (bicyclic) bond motifs is 1. The number of hydrogen-bond acceptors (Lipinski definition) is 4. The van der Waals surface area contributed by atoms with Crippen molar-refractivity contribution in [3.05, 3.63) is 59.7 Å². The predicted molar refractivity (Wildman–Crippen MR) is 80.2 cm³/mol. The van der Waals surface area contributed by atoms with Gasteiger partial charge in [0.1, 0.15) is 5.75 Å². The smallest absolute Gasteiger partial charge is 0.467 e. The molecular formula is C15H15BN2O2. The maximum atomic E-state index is 10.5. The van der Waals surface area contributed by atoms with E-state index in [0.717, 1.165) is 22.3 Å². The Bertz CT molecular complexity index is 631. The molecule has 0 bridgehead atoms. The van der Waals surface area contributed by atoms with E-state index >= 15 is 0 Å². The Hall–Kier alpha value is -2.27. The van der Waals surface area contributed by atoms with Gasteiger partial charge in [-0.15, -0.1) is 0 Å². The molecule has 0 amide bonds. The van der Waals surface area contributed by atoms with Crippen molar-refractivity contribution in [2.24, 2.45) is 5.10 Å². The van der Waals surface area contributed by atoms with Crippen molar-refractivity contribution in [1.82, 2.24) is 4.92 Å². The van der Waals surface area contributed by atoms with Crippen molar-refractivity contribution in [2.45, 2.75) is 6.54 Å². The van der Waals surface area contributed by atoms with Crippen LogP contribution >= 0.6 is 0 Å². The van der Waals surface area contributed by atoms with Crippen LogP contribution in [0.3, 0.4) is 0 Å². The van der Waals surface area contributed by atoms with Gasteiger partial charge in [0.15, 0.2) is 0 Å². The highest BCUT2D eigenvalue weighted by Crippen LogP contribution is 2.15. The molecule has 4 nitrogen and oxygen atoms in total. The van der Waals surface area contributed by atoms with E-state index in [4.69, 9.17) is 4.74 Å². The zero-order valence-electron chi connectivity index (χ0n) is 11.2. The molecule has 2 aromatic rings. The number of hydrazone groups is 1. The molecule has 0 fully saturated rings. The van der Waals surface area contributed by atoms with Crippen LogP contribution in [-0.2, 0) is 6.54 Å². The highest BCUT2D eigenvalue weighted by molar-refractivity contribution is 6.65. The van der Waals surface area contributed by atoms with E-state index in [1.807, 2.05) is 48.5 Å². The zero-order chi connectivity index (χ0) is 13.9. The summed E-state index contributed by atoms with van der Waals surface area (Å²) >= 11 is 0. The van der Waals surface area contributed by atoms with E-state index in [-0.39, 0.29) is 0 Å². The minimum Gasteiger partial charge on any atom is -0.497 e. The van der Waals surface area contributed by atoms with Gasteiger partial charge in [0.05, 0.1) is 19.9 Å². The summed E-state index contributed by atoms with van der Waals surface area (Å²) in [6, 6.07) is 15.6. The minimum atomic E-state index is -0.759. The Labute approximate surface area is 118 Å². The number of nitrogens with zero attached hydrogens (tertiary/aromatic N) is 2. The van der Waals surface area contributed by atoms with Crippen LogP contribution in [0, 0.1) is 0 Å². The lowest BCUT2D eigenvalue weighted by Crippen LogP contribution is -2.49. The van der Waals surface area contributed by atoms with Crippen LogP contribution < -0.4 is 10.2 Å². The Morgan fingerprint density at radius 1 is 1.20 bits per heavy atom. The third-order valence-corrected chi connectivity index (χ3v) is 3.39. The van der Waals surface area contributed by atoms with Gasteiger partial charge < -0.3 is 14.7 Å². The standard InChI is InChI=1S/C15H15BN2O2/c1-20-14-8-7-13-10-17-18(16(19)15(13)9-14)11-12-5-3-2-4-6-12/h2-10,19H,11H2,1H3. The normalized spacial score (nSPS) is 13.3.